The van der Waals surface area contributed by atoms with Gasteiger partial charge in [0.15, 0.2) is 5.69 Å². The summed E-state index contributed by atoms with van der Waals surface area (Å²) in [5, 5.41) is 0.898. The number of aryl methyl sites for hydroxylation is 2. The van der Waals surface area contributed by atoms with Crippen molar-refractivity contribution in [3.63, 3.8) is 0 Å². The van der Waals surface area contributed by atoms with Gasteiger partial charge in [0.1, 0.15) is 0 Å². The second-order valence-corrected chi connectivity index (χ2v) is 5.17. The summed E-state index contributed by atoms with van der Waals surface area (Å²) in [5.41, 5.74) is -1.36. The molecule has 0 atom stereocenters. The van der Waals surface area contributed by atoms with Gasteiger partial charge in [0, 0.05) is 15.7 Å². The number of aromatic amines is 1. The maximum atomic E-state index is 12.6. The molecule has 1 heterocycles. The molecule has 0 bridgehead atoms. The quantitative estimate of drug-likeness (QED) is 0.924. The molecule has 0 aliphatic carbocycles. The first kappa shape index (κ1) is 15.9. The number of benzene rings is 1. The molecule has 0 aliphatic heterocycles. The molecule has 1 aromatic heterocycles. The fourth-order valence-electron chi connectivity index (χ4n) is 1.78. The number of hydrogen-bond donors (Lipinski definition) is 1. The Morgan fingerprint density at radius 1 is 1.14 bits per heavy atom. The van der Waals surface area contributed by atoms with E-state index in [4.69, 9.17) is 23.2 Å². The molecule has 112 valence electrons. The van der Waals surface area contributed by atoms with Gasteiger partial charge in [-0.3, -0.25) is 0 Å². The van der Waals surface area contributed by atoms with E-state index in [2.05, 4.69) is 9.97 Å². The van der Waals surface area contributed by atoms with E-state index < -0.39 is 17.6 Å². The summed E-state index contributed by atoms with van der Waals surface area (Å²) in [7, 11) is 0. The first-order chi connectivity index (χ1) is 9.75. The Bertz CT molecular complexity index is 713. The van der Waals surface area contributed by atoms with E-state index in [-0.39, 0.29) is 12.1 Å². The third-order valence-corrected chi connectivity index (χ3v) is 3.36. The van der Waals surface area contributed by atoms with Crippen LogP contribution in [0.5, 0.6) is 0 Å². The van der Waals surface area contributed by atoms with Gasteiger partial charge in [-0.1, -0.05) is 29.3 Å². The lowest BCUT2D eigenvalue weighted by molar-refractivity contribution is -0.141. The van der Waals surface area contributed by atoms with Crippen LogP contribution in [0.3, 0.4) is 0 Å². The summed E-state index contributed by atoms with van der Waals surface area (Å²) in [5.74, 6) is 0. The van der Waals surface area contributed by atoms with Crippen LogP contribution >= 0.6 is 23.2 Å². The van der Waals surface area contributed by atoms with Gasteiger partial charge >= 0.3 is 11.9 Å². The van der Waals surface area contributed by atoms with Crippen molar-refractivity contribution in [1.82, 2.24) is 9.97 Å². The third kappa shape index (κ3) is 4.22. The molecular formula is C13H9Cl2F3N2O. The van der Waals surface area contributed by atoms with E-state index in [1.807, 2.05) is 0 Å². The predicted molar refractivity (Wildman–Crippen MR) is 73.7 cm³/mol. The molecule has 3 nitrogen and oxygen atoms in total. The Morgan fingerprint density at radius 3 is 2.48 bits per heavy atom. The first-order valence-corrected chi connectivity index (χ1v) is 6.62. The predicted octanol–water partition coefficient (Wildman–Crippen LogP) is 3.88. The molecule has 2 aromatic rings. The molecule has 0 fully saturated rings. The maximum Gasteiger partial charge on any atom is 0.433 e. The van der Waals surface area contributed by atoms with Gasteiger partial charge in [-0.25, -0.2) is 4.79 Å². The summed E-state index contributed by atoms with van der Waals surface area (Å²) < 4.78 is 37.7. The van der Waals surface area contributed by atoms with Crippen LogP contribution in [-0.2, 0) is 19.0 Å². The van der Waals surface area contributed by atoms with Crippen molar-refractivity contribution in [2.75, 3.05) is 0 Å². The summed E-state index contributed by atoms with van der Waals surface area (Å²) in [6.45, 7) is 0. The highest BCUT2D eigenvalue weighted by atomic mass is 35.5. The van der Waals surface area contributed by atoms with Crippen LogP contribution in [-0.4, -0.2) is 9.97 Å². The molecular weight excluding hydrogens is 328 g/mol. The number of alkyl halides is 3. The Morgan fingerprint density at radius 2 is 1.86 bits per heavy atom. The van der Waals surface area contributed by atoms with Crippen LogP contribution < -0.4 is 5.69 Å². The number of H-pyrrole nitrogens is 1. The number of hydrogen-bond acceptors (Lipinski definition) is 2. The topological polar surface area (TPSA) is 45.8 Å². The minimum atomic E-state index is -4.65. The third-order valence-electron chi connectivity index (χ3n) is 2.77. The van der Waals surface area contributed by atoms with Crippen molar-refractivity contribution < 1.29 is 13.2 Å². The fraction of sp³-hybridized carbons (Fsp3) is 0.231. The number of aromatic nitrogens is 2. The van der Waals surface area contributed by atoms with Gasteiger partial charge in [-0.05, 0) is 36.6 Å². The number of rotatable bonds is 3. The highest BCUT2D eigenvalue weighted by Gasteiger charge is 2.33. The van der Waals surface area contributed by atoms with Gasteiger partial charge < -0.3 is 4.98 Å². The normalized spacial score (nSPS) is 11.7. The van der Waals surface area contributed by atoms with E-state index in [0.29, 0.717) is 16.5 Å². The molecule has 0 unspecified atom stereocenters. The van der Waals surface area contributed by atoms with Crippen molar-refractivity contribution in [1.29, 1.82) is 0 Å². The van der Waals surface area contributed by atoms with Crippen molar-refractivity contribution in [3.05, 3.63) is 61.7 Å². The zero-order chi connectivity index (χ0) is 15.6. The van der Waals surface area contributed by atoms with Crippen molar-refractivity contribution in [2.24, 2.45) is 0 Å². The van der Waals surface area contributed by atoms with Crippen LogP contribution in [0.1, 0.15) is 17.0 Å². The second-order valence-electron chi connectivity index (χ2n) is 4.33. The summed E-state index contributed by atoms with van der Waals surface area (Å²) >= 11 is 11.7. The molecule has 0 spiro atoms. The average molecular weight is 337 g/mol. The molecule has 21 heavy (non-hydrogen) atoms. The van der Waals surface area contributed by atoms with E-state index in [1.54, 1.807) is 18.2 Å². The van der Waals surface area contributed by atoms with Crippen molar-refractivity contribution >= 4 is 23.2 Å². The highest BCUT2D eigenvalue weighted by Crippen LogP contribution is 2.27. The van der Waals surface area contributed by atoms with Gasteiger partial charge in [0.25, 0.3) is 0 Å². The van der Waals surface area contributed by atoms with Crippen LogP contribution in [0.25, 0.3) is 0 Å². The lowest BCUT2D eigenvalue weighted by Crippen LogP contribution is -2.20. The van der Waals surface area contributed by atoms with Gasteiger partial charge in [-0.2, -0.15) is 18.2 Å². The smallest absolute Gasteiger partial charge is 0.310 e. The molecule has 1 N–H and O–H groups in total. The zero-order valence-corrected chi connectivity index (χ0v) is 12.0. The highest BCUT2D eigenvalue weighted by molar-refractivity contribution is 6.35. The summed E-state index contributed by atoms with van der Waals surface area (Å²) in [4.78, 5) is 16.4. The van der Waals surface area contributed by atoms with E-state index in [1.165, 1.54) is 0 Å². The average Bonchev–Trinajstić information content (AvgIpc) is 2.36. The Labute approximate surface area is 127 Å². The van der Waals surface area contributed by atoms with Crippen LogP contribution in [0.15, 0.2) is 29.1 Å². The Hall–Kier alpha value is -1.53. The monoisotopic (exact) mass is 336 g/mol. The molecule has 0 radical (unpaired) electrons. The standard InChI is InChI=1S/C13H9Cl2F3N2O/c14-8-3-1-7(10(15)5-8)2-4-9-6-11(13(16,17)18)20-12(21)19-9/h1,3,5-6H,2,4H2,(H,19,20,21). The van der Waals surface area contributed by atoms with Gasteiger partial charge in [0.2, 0.25) is 0 Å². The van der Waals surface area contributed by atoms with Crippen LogP contribution in [0.2, 0.25) is 10.0 Å². The molecule has 0 saturated carbocycles. The van der Waals surface area contributed by atoms with Gasteiger partial charge in [-0.15, -0.1) is 0 Å². The Balaban J connectivity index is 2.20. The summed E-state index contributed by atoms with van der Waals surface area (Å²) in [6, 6.07) is 5.70. The van der Waals surface area contributed by atoms with E-state index in [9.17, 15) is 18.0 Å². The molecule has 0 aliphatic rings. The first-order valence-electron chi connectivity index (χ1n) is 5.87. The lowest BCUT2D eigenvalue weighted by Gasteiger charge is -2.08. The maximum absolute atomic E-state index is 12.6. The minimum absolute atomic E-state index is 0.147. The number of nitrogens with zero attached hydrogens (tertiary/aromatic N) is 1. The summed E-state index contributed by atoms with van der Waals surface area (Å²) in [6.07, 6.45) is -4.09. The Kier molecular flexibility index (Phi) is 4.58. The van der Waals surface area contributed by atoms with Crippen molar-refractivity contribution in [2.45, 2.75) is 19.0 Å². The largest absolute Gasteiger partial charge is 0.433 e. The van der Waals surface area contributed by atoms with Crippen LogP contribution in [0.4, 0.5) is 13.2 Å². The molecule has 0 amide bonds. The molecule has 2 rings (SSSR count). The second kappa shape index (κ2) is 6.07. The van der Waals surface area contributed by atoms with E-state index >= 15 is 0 Å². The zero-order valence-electron chi connectivity index (χ0n) is 10.5. The minimum Gasteiger partial charge on any atom is -0.310 e. The lowest BCUT2D eigenvalue weighted by atomic mass is 10.1. The fourth-order valence-corrected chi connectivity index (χ4v) is 2.28. The van der Waals surface area contributed by atoms with E-state index in [0.717, 1.165) is 11.6 Å². The molecule has 8 heteroatoms. The number of nitrogens with one attached hydrogen (secondary N) is 1. The van der Waals surface area contributed by atoms with Crippen molar-refractivity contribution in [3.8, 4) is 0 Å². The molecule has 1 aromatic carbocycles. The van der Waals surface area contributed by atoms with Crippen LogP contribution in [0, 0.1) is 0 Å². The molecule has 0 saturated heterocycles. The number of halogens is 5. The SMILES string of the molecule is O=c1nc(C(F)(F)F)cc(CCc2ccc(Cl)cc2Cl)[nH]1. The van der Waals surface area contributed by atoms with Gasteiger partial charge in [0.05, 0.1) is 0 Å².